The van der Waals surface area contributed by atoms with Crippen LogP contribution in [0.15, 0.2) is 24.3 Å². The Morgan fingerprint density at radius 1 is 1.27 bits per heavy atom. The molecular formula is C19H27N3. The Morgan fingerprint density at radius 2 is 2.05 bits per heavy atom. The van der Waals surface area contributed by atoms with Crippen molar-refractivity contribution in [1.82, 2.24) is 9.88 Å². The van der Waals surface area contributed by atoms with Crippen molar-refractivity contribution in [2.75, 3.05) is 19.6 Å². The minimum Gasteiger partial charge on any atom is -0.358 e. The van der Waals surface area contributed by atoms with Gasteiger partial charge < -0.3 is 15.6 Å². The van der Waals surface area contributed by atoms with E-state index in [4.69, 9.17) is 5.73 Å². The monoisotopic (exact) mass is 297 g/mol. The molecule has 2 atom stereocenters. The fourth-order valence-electron chi connectivity index (χ4n) is 4.46. The van der Waals surface area contributed by atoms with Gasteiger partial charge in [-0.15, -0.1) is 0 Å². The van der Waals surface area contributed by atoms with Crippen LogP contribution in [0.4, 0.5) is 0 Å². The Bertz CT molecular complexity index is 652. The molecule has 0 amide bonds. The highest BCUT2D eigenvalue weighted by Gasteiger charge is 2.37. The first kappa shape index (κ1) is 14.3. The van der Waals surface area contributed by atoms with E-state index in [1.54, 1.807) is 0 Å². The summed E-state index contributed by atoms with van der Waals surface area (Å²) >= 11 is 0. The van der Waals surface area contributed by atoms with E-state index in [2.05, 4.69) is 41.1 Å². The van der Waals surface area contributed by atoms with E-state index in [9.17, 15) is 0 Å². The number of H-pyrrole nitrogens is 1. The number of nitrogens with one attached hydrogen (secondary N) is 1. The SMILES string of the molecule is CCC(N)Cc1c(C2CN3CCC2CC3)[nH]c2ccccc12. The minimum atomic E-state index is 0.263. The lowest BCUT2D eigenvalue weighted by Gasteiger charge is -2.45. The van der Waals surface area contributed by atoms with Crippen molar-refractivity contribution in [1.29, 1.82) is 0 Å². The van der Waals surface area contributed by atoms with Crippen molar-refractivity contribution in [2.24, 2.45) is 11.7 Å². The second-order valence-corrected chi connectivity index (χ2v) is 7.18. The summed E-state index contributed by atoms with van der Waals surface area (Å²) in [4.78, 5) is 6.40. The van der Waals surface area contributed by atoms with Gasteiger partial charge in [0, 0.05) is 35.1 Å². The van der Waals surface area contributed by atoms with Crippen LogP contribution in [0.3, 0.4) is 0 Å². The summed E-state index contributed by atoms with van der Waals surface area (Å²) in [6.07, 6.45) is 4.76. The van der Waals surface area contributed by atoms with Crippen LogP contribution in [0.25, 0.3) is 10.9 Å². The fraction of sp³-hybridized carbons (Fsp3) is 0.579. The van der Waals surface area contributed by atoms with Crippen LogP contribution in [0.1, 0.15) is 43.4 Å². The number of aromatic amines is 1. The third-order valence-electron chi connectivity index (χ3n) is 5.86. The van der Waals surface area contributed by atoms with Crippen LogP contribution in [-0.2, 0) is 6.42 Å². The van der Waals surface area contributed by atoms with Crippen molar-refractivity contribution >= 4 is 10.9 Å². The zero-order valence-electron chi connectivity index (χ0n) is 13.5. The van der Waals surface area contributed by atoms with Crippen LogP contribution < -0.4 is 5.73 Å². The Hall–Kier alpha value is -1.32. The largest absolute Gasteiger partial charge is 0.358 e. The van der Waals surface area contributed by atoms with Crippen LogP contribution in [-0.4, -0.2) is 35.6 Å². The van der Waals surface area contributed by atoms with Gasteiger partial charge in [-0.25, -0.2) is 0 Å². The first-order chi connectivity index (χ1) is 10.8. The van der Waals surface area contributed by atoms with Gasteiger partial charge in [-0.05, 0) is 56.3 Å². The summed E-state index contributed by atoms with van der Waals surface area (Å²) in [6.45, 7) is 6.01. The van der Waals surface area contributed by atoms with E-state index < -0.39 is 0 Å². The molecule has 0 radical (unpaired) electrons. The lowest BCUT2D eigenvalue weighted by molar-refractivity contribution is 0.0853. The van der Waals surface area contributed by atoms with Crippen LogP contribution in [0.5, 0.6) is 0 Å². The zero-order chi connectivity index (χ0) is 15.1. The topological polar surface area (TPSA) is 45.0 Å². The number of fused-ring (bicyclic) bond motifs is 4. The number of benzene rings is 1. The maximum Gasteiger partial charge on any atom is 0.0459 e. The molecule has 2 unspecified atom stereocenters. The quantitative estimate of drug-likeness (QED) is 0.910. The predicted molar refractivity (Wildman–Crippen MR) is 92.2 cm³/mol. The summed E-state index contributed by atoms with van der Waals surface area (Å²) in [5.74, 6) is 1.53. The van der Waals surface area contributed by atoms with E-state index in [1.807, 2.05) is 0 Å². The number of rotatable bonds is 4. The highest BCUT2D eigenvalue weighted by atomic mass is 15.1. The number of nitrogens with zero attached hydrogens (tertiary/aromatic N) is 1. The molecular weight excluding hydrogens is 270 g/mol. The Morgan fingerprint density at radius 3 is 2.73 bits per heavy atom. The Balaban J connectivity index is 1.77. The number of piperidine rings is 3. The molecule has 0 spiro atoms. The average molecular weight is 297 g/mol. The van der Waals surface area contributed by atoms with Crippen molar-refractivity contribution in [3.05, 3.63) is 35.5 Å². The maximum absolute atomic E-state index is 6.31. The van der Waals surface area contributed by atoms with Gasteiger partial charge in [-0.1, -0.05) is 25.1 Å². The van der Waals surface area contributed by atoms with Crippen molar-refractivity contribution in [3.8, 4) is 0 Å². The minimum absolute atomic E-state index is 0.263. The summed E-state index contributed by atoms with van der Waals surface area (Å²) in [7, 11) is 0. The van der Waals surface area contributed by atoms with Crippen molar-refractivity contribution in [2.45, 2.75) is 44.6 Å². The molecule has 3 heteroatoms. The van der Waals surface area contributed by atoms with Crippen LogP contribution in [0.2, 0.25) is 0 Å². The standard InChI is InChI=1S/C19H27N3/c1-2-14(20)11-16-15-5-3-4-6-18(15)21-19(16)17-12-22-9-7-13(17)8-10-22/h3-6,13-14,17,21H,2,7-12,20H2,1H3. The van der Waals surface area contributed by atoms with Crippen LogP contribution >= 0.6 is 0 Å². The predicted octanol–water partition coefficient (Wildman–Crippen LogP) is 3.26. The fourth-order valence-corrected chi connectivity index (χ4v) is 4.46. The molecule has 0 saturated carbocycles. The smallest absolute Gasteiger partial charge is 0.0459 e. The third kappa shape index (κ3) is 2.37. The Labute approximate surface area is 132 Å². The molecule has 0 aliphatic carbocycles. The molecule has 2 aromatic rings. The zero-order valence-corrected chi connectivity index (χ0v) is 13.5. The Kier molecular flexibility index (Phi) is 3.71. The molecule has 1 aromatic heterocycles. The number of aromatic nitrogens is 1. The van der Waals surface area contributed by atoms with Crippen LogP contribution in [0, 0.1) is 5.92 Å². The molecule has 3 fully saturated rings. The summed E-state index contributed by atoms with van der Waals surface area (Å²) in [5, 5.41) is 1.39. The molecule has 118 valence electrons. The molecule has 3 N–H and O–H groups in total. The molecule has 1 aromatic carbocycles. The van der Waals surface area contributed by atoms with Gasteiger partial charge in [0.05, 0.1) is 0 Å². The highest BCUT2D eigenvalue weighted by Crippen LogP contribution is 2.41. The average Bonchev–Trinajstić information content (AvgIpc) is 2.94. The second-order valence-electron chi connectivity index (χ2n) is 7.18. The lowest BCUT2D eigenvalue weighted by atomic mass is 9.76. The molecule has 3 aliphatic rings. The second kappa shape index (κ2) is 5.71. The van der Waals surface area contributed by atoms with E-state index in [0.717, 1.165) is 18.8 Å². The normalized spacial score (nSPS) is 29.1. The molecule has 5 rings (SSSR count). The summed E-state index contributed by atoms with van der Waals surface area (Å²) < 4.78 is 0. The first-order valence-electron chi connectivity index (χ1n) is 8.83. The molecule has 2 bridgehead atoms. The molecule has 4 heterocycles. The van der Waals surface area contributed by atoms with Gasteiger partial charge in [0.15, 0.2) is 0 Å². The number of para-hydroxylation sites is 1. The maximum atomic E-state index is 6.31. The molecule has 3 saturated heterocycles. The van der Waals surface area contributed by atoms with Gasteiger partial charge in [0.25, 0.3) is 0 Å². The van der Waals surface area contributed by atoms with Gasteiger partial charge >= 0.3 is 0 Å². The van der Waals surface area contributed by atoms with E-state index >= 15 is 0 Å². The van der Waals surface area contributed by atoms with Crippen molar-refractivity contribution in [3.63, 3.8) is 0 Å². The van der Waals surface area contributed by atoms with Gasteiger partial charge in [0.2, 0.25) is 0 Å². The lowest BCUT2D eigenvalue weighted by Crippen LogP contribution is -2.46. The van der Waals surface area contributed by atoms with Crippen molar-refractivity contribution < 1.29 is 0 Å². The van der Waals surface area contributed by atoms with E-state index in [-0.39, 0.29) is 6.04 Å². The molecule has 22 heavy (non-hydrogen) atoms. The number of nitrogens with two attached hydrogens (primary N) is 1. The molecule has 3 aliphatic heterocycles. The van der Waals surface area contributed by atoms with Gasteiger partial charge in [-0.3, -0.25) is 0 Å². The van der Waals surface area contributed by atoms with Gasteiger partial charge in [0.1, 0.15) is 0 Å². The third-order valence-corrected chi connectivity index (χ3v) is 5.86. The van der Waals surface area contributed by atoms with Gasteiger partial charge in [-0.2, -0.15) is 0 Å². The van der Waals surface area contributed by atoms with E-state index in [0.29, 0.717) is 5.92 Å². The molecule has 3 nitrogen and oxygen atoms in total. The summed E-state index contributed by atoms with van der Waals surface area (Å²) in [6, 6.07) is 9.01. The highest BCUT2D eigenvalue weighted by molar-refractivity contribution is 5.85. The number of hydrogen-bond donors (Lipinski definition) is 2. The van der Waals surface area contributed by atoms with E-state index in [1.165, 1.54) is 54.6 Å². The summed E-state index contributed by atoms with van der Waals surface area (Å²) in [5.41, 5.74) is 10.6. The first-order valence-corrected chi connectivity index (χ1v) is 8.83. The number of hydrogen-bond acceptors (Lipinski definition) is 2.